The average molecular weight is 785 g/mol. The number of para-hydroxylation sites is 1. The number of carbonyl (C=O) groups is 2. The Morgan fingerprint density at radius 2 is 1.86 bits per heavy atom. The first-order valence-corrected chi connectivity index (χ1v) is 22.8. The Labute approximate surface area is 328 Å². The van der Waals surface area contributed by atoms with Crippen LogP contribution in [0.15, 0.2) is 72.9 Å². The van der Waals surface area contributed by atoms with Crippen molar-refractivity contribution >= 4 is 37.3 Å². The Bertz CT molecular complexity index is 2040. The van der Waals surface area contributed by atoms with Gasteiger partial charge in [-0.05, 0) is 99.8 Å². The Kier molecular flexibility index (Phi) is 11.8. The maximum atomic E-state index is 16.4. The summed E-state index contributed by atoms with van der Waals surface area (Å²) < 4.78 is 30.8. The number of aliphatic hydroxyl groups is 2. The van der Waals surface area contributed by atoms with Crippen molar-refractivity contribution in [3.05, 3.63) is 95.3 Å². The molecule has 7 rings (SSSR count). The molecule has 0 saturated carbocycles. The second-order valence-corrected chi connectivity index (χ2v) is 19.4. The van der Waals surface area contributed by atoms with Gasteiger partial charge in [0, 0.05) is 55.1 Å². The monoisotopic (exact) mass is 784 g/mol. The van der Waals surface area contributed by atoms with Crippen molar-refractivity contribution in [3.63, 3.8) is 0 Å². The van der Waals surface area contributed by atoms with E-state index in [9.17, 15) is 19.8 Å². The summed E-state index contributed by atoms with van der Waals surface area (Å²) in [6.45, 7) is 9.14. The summed E-state index contributed by atoms with van der Waals surface area (Å²) in [4.78, 5) is 32.7. The van der Waals surface area contributed by atoms with Crippen LogP contribution in [0.2, 0.25) is 18.6 Å². The van der Waals surface area contributed by atoms with Crippen molar-refractivity contribution in [3.8, 4) is 5.75 Å². The van der Waals surface area contributed by atoms with Crippen molar-refractivity contribution in [2.45, 2.75) is 95.4 Å². The number of aliphatic hydroxyl groups excluding tert-OH is 2. The van der Waals surface area contributed by atoms with Crippen molar-refractivity contribution < 1.29 is 33.4 Å². The summed E-state index contributed by atoms with van der Waals surface area (Å²) in [5.74, 6) is 0.00730. The summed E-state index contributed by atoms with van der Waals surface area (Å²) in [6.07, 6.45) is 4.02. The molecule has 3 aromatic carbocycles. The van der Waals surface area contributed by atoms with Gasteiger partial charge in [0.25, 0.3) is 5.91 Å². The van der Waals surface area contributed by atoms with Gasteiger partial charge in [0.2, 0.25) is 14.3 Å². The van der Waals surface area contributed by atoms with Gasteiger partial charge in [0.1, 0.15) is 5.75 Å². The predicted molar refractivity (Wildman–Crippen MR) is 214 cm³/mol. The van der Waals surface area contributed by atoms with Crippen molar-refractivity contribution in [1.29, 1.82) is 0 Å². The molecule has 5 atom stereocenters. The molecule has 4 heterocycles. The van der Waals surface area contributed by atoms with Gasteiger partial charge in [-0.2, -0.15) is 0 Å². The quantitative estimate of drug-likeness (QED) is 0.0755. The van der Waals surface area contributed by atoms with Crippen LogP contribution in [0.25, 0.3) is 0 Å². The van der Waals surface area contributed by atoms with E-state index in [0.717, 1.165) is 40.2 Å². The number of anilines is 3. The molecule has 56 heavy (non-hydrogen) atoms. The number of unbranched alkanes of at least 4 members (excludes halogenated alkanes) is 1. The summed E-state index contributed by atoms with van der Waals surface area (Å²) in [5.41, 5.74) is 3.60. The number of amides is 2. The van der Waals surface area contributed by atoms with Crippen LogP contribution in [0.3, 0.4) is 0 Å². The Morgan fingerprint density at radius 1 is 1.04 bits per heavy atom. The molecule has 1 aromatic heterocycles. The highest BCUT2D eigenvalue weighted by Gasteiger charge is 2.66. The van der Waals surface area contributed by atoms with Gasteiger partial charge < -0.3 is 34.0 Å². The lowest BCUT2D eigenvalue weighted by molar-refractivity contribution is -0.146. The topological polar surface area (TPSA) is 142 Å². The zero-order valence-electron chi connectivity index (χ0n) is 32.7. The van der Waals surface area contributed by atoms with Gasteiger partial charge in [0.15, 0.2) is 5.60 Å². The number of carbonyl (C=O) groups excluding carboxylic acids is 2. The summed E-state index contributed by atoms with van der Waals surface area (Å²) in [5, 5.41) is 30.3. The van der Waals surface area contributed by atoms with Crippen molar-refractivity contribution in [1.82, 2.24) is 20.3 Å². The van der Waals surface area contributed by atoms with Crippen LogP contribution in [0.5, 0.6) is 5.75 Å². The second-order valence-electron chi connectivity index (χ2n) is 15.6. The van der Waals surface area contributed by atoms with E-state index in [2.05, 4.69) is 15.6 Å². The van der Waals surface area contributed by atoms with Crippen molar-refractivity contribution in [2.75, 3.05) is 36.2 Å². The Hall–Kier alpha value is -4.47. The van der Waals surface area contributed by atoms with E-state index in [-0.39, 0.29) is 31.6 Å². The molecule has 2 amide bonds. The minimum atomic E-state index is -3.36. The van der Waals surface area contributed by atoms with Crippen LogP contribution in [0.4, 0.5) is 21.2 Å². The first kappa shape index (κ1) is 39.8. The standard InChI is InChI=1S/C42H53FN6O6Si/c1-5-54-33-15-16-36-30(24-33)25-35(44-19-8-9-21-50)40(52)49(36)32-12-10-11-29(23-32)26-48-37-14-7-6-13-34(37)42(41(48)53)28(2)39(56(3,4)43)38(55-42)17-20-47-27-31(18-22-51)45-46-47/h6-7,10-16,23-24,27-28,35,38-39,44,50-51H,5,8-9,17-22,25-26H2,1-4H3/t28-,35?,38+,39-,42+/m1/s1. The predicted octanol–water partition coefficient (Wildman–Crippen LogP) is 5.58. The first-order chi connectivity index (χ1) is 27.0. The number of ether oxygens (including phenoxy) is 2. The van der Waals surface area contributed by atoms with Gasteiger partial charge in [0.05, 0.1) is 42.4 Å². The molecule has 3 aliphatic rings. The van der Waals surface area contributed by atoms with Gasteiger partial charge in [-0.15, -0.1) is 5.10 Å². The molecule has 298 valence electrons. The molecule has 1 fully saturated rings. The third-order valence-corrected chi connectivity index (χ3v) is 14.0. The van der Waals surface area contributed by atoms with Crippen LogP contribution < -0.4 is 19.9 Å². The minimum absolute atomic E-state index is 0.0265. The normalized spacial score (nSPS) is 23.3. The van der Waals surface area contributed by atoms with Gasteiger partial charge in [-0.25, -0.2) is 0 Å². The molecule has 4 aromatic rings. The maximum absolute atomic E-state index is 16.4. The number of fused-ring (bicyclic) bond motifs is 3. The van der Waals surface area contributed by atoms with Gasteiger partial charge >= 0.3 is 0 Å². The highest BCUT2D eigenvalue weighted by atomic mass is 28.4. The SMILES string of the molecule is CCOc1ccc2c(c1)CC(NCCCCO)C(=O)N2c1cccc(CN2C(=O)[C@@]3(O[C@@H](CCn4cc(CCO)nn4)[C@H]([Si](C)(C)F)[C@H]3C)c3ccccc32)c1. The number of nitrogens with one attached hydrogen (secondary N) is 1. The van der Waals surface area contributed by atoms with E-state index >= 15 is 4.11 Å². The molecule has 3 aliphatic heterocycles. The van der Waals surface area contributed by atoms with Crippen LogP contribution in [0, 0.1) is 5.92 Å². The Balaban J connectivity index is 1.18. The summed E-state index contributed by atoms with van der Waals surface area (Å²) >= 11 is 0. The van der Waals surface area contributed by atoms with Gasteiger partial charge in [-0.1, -0.05) is 42.5 Å². The zero-order chi connectivity index (χ0) is 39.6. The van der Waals surface area contributed by atoms with Crippen molar-refractivity contribution in [2.24, 2.45) is 5.92 Å². The number of hydrogen-bond donors (Lipinski definition) is 3. The lowest BCUT2D eigenvalue weighted by Crippen LogP contribution is -2.49. The van der Waals surface area contributed by atoms with Crippen LogP contribution in [-0.2, 0) is 45.9 Å². The van der Waals surface area contributed by atoms with Crippen LogP contribution >= 0.6 is 0 Å². The fourth-order valence-corrected chi connectivity index (χ4v) is 11.6. The zero-order valence-corrected chi connectivity index (χ0v) is 33.7. The third kappa shape index (κ3) is 7.52. The molecular weight excluding hydrogens is 732 g/mol. The van der Waals surface area contributed by atoms with Crippen LogP contribution in [-0.4, -0.2) is 83.9 Å². The largest absolute Gasteiger partial charge is 0.494 e. The number of aryl methyl sites for hydroxylation is 1. The minimum Gasteiger partial charge on any atom is -0.494 e. The molecule has 1 saturated heterocycles. The van der Waals surface area contributed by atoms with E-state index in [0.29, 0.717) is 56.8 Å². The average Bonchev–Trinajstić information content (AvgIpc) is 3.82. The molecule has 1 spiro atoms. The highest BCUT2D eigenvalue weighted by Crippen LogP contribution is 2.60. The van der Waals surface area contributed by atoms with E-state index < -0.39 is 37.6 Å². The van der Waals surface area contributed by atoms with E-state index in [4.69, 9.17) is 9.47 Å². The van der Waals surface area contributed by atoms with Crippen LogP contribution in [0.1, 0.15) is 55.5 Å². The lowest BCUT2D eigenvalue weighted by Gasteiger charge is -2.35. The molecule has 1 unspecified atom stereocenters. The number of rotatable bonds is 16. The molecule has 14 heteroatoms. The fraction of sp³-hybridized carbons (Fsp3) is 0.476. The third-order valence-electron chi connectivity index (χ3n) is 11.5. The number of halogens is 1. The molecule has 12 nitrogen and oxygen atoms in total. The fourth-order valence-electron chi connectivity index (χ4n) is 9.06. The number of benzene rings is 3. The Morgan fingerprint density at radius 3 is 2.62 bits per heavy atom. The molecule has 0 aliphatic carbocycles. The van der Waals surface area contributed by atoms with E-state index in [1.54, 1.807) is 33.8 Å². The molecular formula is C42H53FN6O6Si. The molecule has 3 N–H and O–H groups in total. The lowest BCUT2D eigenvalue weighted by atomic mass is 9.82. The number of hydrogen-bond acceptors (Lipinski definition) is 9. The van der Waals surface area contributed by atoms with Gasteiger partial charge in [-0.3, -0.25) is 19.2 Å². The highest BCUT2D eigenvalue weighted by molar-refractivity contribution is 6.72. The first-order valence-electron chi connectivity index (χ1n) is 19.8. The summed E-state index contributed by atoms with van der Waals surface area (Å²) in [7, 11) is -3.36. The van der Waals surface area contributed by atoms with E-state index in [1.807, 2.05) is 80.6 Å². The maximum Gasteiger partial charge on any atom is 0.264 e. The second kappa shape index (κ2) is 16.6. The van der Waals surface area contributed by atoms with E-state index in [1.165, 1.54) is 0 Å². The summed E-state index contributed by atoms with van der Waals surface area (Å²) in [6, 6.07) is 20.7. The molecule has 0 radical (unpaired) electrons. The smallest absolute Gasteiger partial charge is 0.264 e. The number of aromatic nitrogens is 3. The molecule has 0 bridgehead atoms. The number of nitrogens with zero attached hydrogens (tertiary/aromatic N) is 5.